The molecule has 1 saturated heterocycles. The van der Waals surface area contributed by atoms with Crippen molar-refractivity contribution in [3.05, 3.63) is 76.6 Å². The Kier molecular flexibility index (Phi) is 3.41. The van der Waals surface area contributed by atoms with Crippen LogP contribution in [0, 0.1) is 0 Å². The van der Waals surface area contributed by atoms with Gasteiger partial charge in [-0.05, 0) is 29.8 Å². The van der Waals surface area contributed by atoms with E-state index >= 15 is 0 Å². The van der Waals surface area contributed by atoms with Gasteiger partial charge in [0.25, 0.3) is 11.8 Å². The van der Waals surface area contributed by atoms with Crippen LogP contribution in [0.25, 0.3) is 0 Å². The summed E-state index contributed by atoms with van der Waals surface area (Å²) < 4.78 is 14.4. The first kappa shape index (κ1) is 14.6. The number of amides is 2. The second-order valence-corrected chi connectivity index (χ2v) is 6.04. The Bertz CT molecular complexity index is 866. The largest absolute Gasteiger partial charge is 0.363 e. The summed E-state index contributed by atoms with van der Waals surface area (Å²) in [7, 11) is 0. The number of hydrogen-bond acceptors (Lipinski definition) is 3. The van der Waals surface area contributed by atoms with Crippen LogP contribution < -0.4 is 10.2 Å². The minimum Gasteiger partial charge on any atom is -0.363 e. The molecule has 2 aliphatic rings. The van der Waals surface area contributed by atoms with E-state index in [0.29, 0.717) is 29.8 Å². The number of carbonyl (C=O) groups is 2. The van der Waals surface area contributed by atoms with Gasteiger partial charge in [-0.3, -0.25) is 14.9 Å². The summed E-state index contributed by atoms with van der Waals surface area (Å²) >= 11 is 0. The Morgan fingerprint density at radius 3 is 2.46 bits per heavy atom. The number of carbonyl (C=O) groups excluding carboxylic acids is 2. The van der Waals surface area contributed by atoms with E-state index in [0.717, 1.165) is 11.3 Å². The van der Waals surface area contributed by atoms with Crippen LogP contribution in [-0.2, 0) is 6.42 Å². The van der Waals surface area contributed by atoms with E-state index in [1.165, 1.54) is 0 Å². The molecule has 4 rings (SSSR count). The van der Waals surface area contributed by atoms with Crippen molar-refractivity contribution in [3.8, 4) is 0 Å². The SMILES string of the molecule is O=C1NC(=O)c2cc(CC(F)=C3CN(c4ccccc4)C3)ccc21. The Labute approximate surface area is 138 Å². The van der Waals surface area contributed by atoms with Gasteiger partial charge in [-0.25, -0.2) is 4.39 Å². The van der Waals surface area contributed by atoms with Crippen molar-refractivity contribution in [2.75, 3.05) is 18.0 Å². The molecule has 24 heavy (non-hydrogen) atoms. The molecule has 2 amide bonds. The summed E-state index contributed by atoms with van der Waals surface area (Å²) in [6.07, 6.45) is 0.146. The number of benzene rings is 2. The summed E-state index contributed by atoms with van der Waals surface area (Å²) in [6, 6.07) is 14.8. The highest BCUT2D eigenvalue weighted by atomic mass is 19.1. The van der Waals surface area contributed by atoms with Gasteiger partial charge in [-0.2, -0.15) is 0 Å². The number of hydrogen-bond donors (Lipinski definition) is 1. The molecule has 0 radical (unpaired) electrons. The molecule has 0 unspecified atom stereocenters. The fraction of sp³-hybridized carbons (Fsp3) is 0.158. The first-order valence-electron chi connectivity index (χ1n) is 7.77. The van der Waals surface area contributed by atoms with Crippen molar-refractivity contribution in [2.45, 2.75) is 6.42 Å². The van der Waals surface area contributed by atoms with Gasteiger partial charge >= 0.3 is 0 Å². The van der Waals surface area contributed by atoms with E-state index in [1.54, 1.807) is 18.2 Å². The third-order valence-corrected chi connectivity index (χ3v) is 4.43. The fourth-order valence-electron chi connectivity index (χ4n) is 3.04. The first-order valence-corrected chi connectivity index (χ1v) is 7.77. The highest BCUT2D eigenvalue weighted by Gasteiger charge is 2.28. The van der Waals surface area contributed by atoms with E-state index in [-0.39, 0.29) is 12.2 Å². The number of imide groups is 1. The lowest BCUT2D eigenvalue weighted by atomic mass is 9.99. The Morgan fingerprint density at radius 1 is 1.00 bits per heavy atom. The Morgan fingerprint density at radius 2 is 1.71 bits per heavy atom. The summed E-state index contributed by atoms with van der Waals surface area (Å²) in [6.45, 7) is 1.17. The van der Waals surface area contributed by atoms with Crippen LogP contribution in [0.1, 0.15) is 26.3 Å². The maximum absolute atomic E-state index is 14.4. The molecule has 0 atom stereocenters. The van der Waals surface area contributed by atoms with Crippen molar-refractivity contribution in [1.82, 2.24) is 5.32 Å². The molecule has 0 spiro atoms. The molecule has 0 aliphatic carbocycles. The topological polar surface area (TPSA) is 49.4 Å². The summed E-state index contributed by atoms with van der Waals surface area (Å²) in [5.74, 6) is -0.964. The number of halogens is 1. The number of allylic oxidation sites excluding steroid dienone is 1. The van der Waals surface area contributed by atoms with Crippen LogP contribution in [-0.4, -0.2) is 24.9 Å². The number of para-hydroxylation sites is 1. The zero-order chi connectivity index (χ0) is 16.7. The van der Waals surface area contributed by atoms with Crippen molar-refractivity contribution < 1.29 is 14.0 Å². The van der Waals surface area contributed by atoms with E-state index < -0.39 is 11.8 Å². The predicted octanol–water partition coefficient (Wildman–Crippen LogP) is 2.86. The molecule has 0 saturated carbocycles. The maximum atomic E-state index is 14.4. The zero-order valence-electron chi connectivity index (χ0n) is 12.9. The fourth-order valence-corrected chi connectivity index (χ4v) is 3.04. The van der Waals surface area contributed by atoms with Crippen LogP contribution in [0.4, 0.5) is 10.1 Å². The van der Waals surface area contributed by atoms with Gasteiger partial charge in [-0.1, -0.05) is 24.3 Å². The van der Waals surface area contributed by atoms with Crippen molar-refractivity contribution in [2.24, 2.45) is 0 Å². The van der Waals surface area contributed by atoms with Crippen molar-refractivity contribution in [1.29, 1.82) is 0 Å². The van der Waals surface area contributed by atoms with Gasteiger partial charge in [0.2, 0.25) is 0 Å². The molecular formula is C19H15FN2O2. The van der Waals surface area contributed by atoms with Crippen LogP contribution in [0.15, 0.2) is 59.9 Å². The lowest BCUT2D eigenvalue weighted by molar-refractivity contribution is 0.0879. The summed E-state index contributed by atoms with van der Waals surface area (Å²) in [5, 5.41) is 2.24. The van der Waals surface area contributed by atoms with E-state index in [1.807, 2.05) is 30.3 Å². The van der Waals surface area contributed by atoms with Crippen molar-refractivity contribution in [3.63, 3.8) is 0 Å². The highest BCUT2D eigenvalue weighted by molar-refractivity contribution is 6.21. The lowest BCUT2D eigenvalue weighted by Gasteiger charge is -2.36. The predicted molar refractivity (Wildman–Crippen MR) is 88.7 cm³/mol. The van der Waals surface area contributed by atoms with Gasteiger partial charge in [0.05, 0.1) is 11.1 Å². The summed E-state index contributed by atoms with van der Waals surface area (Å²) in [5.41, 5.74) is 3.24. The average Bonchev–Trinajstić information content (AvgIpc) is 2.81. The molecule has 1 fully saturated rings. The van der Waals surface area contributed by atoms with Gasteiger partial charge in [0, 0.05) is 30.8 Å². The Balaban J connectivity index is 1.48. The van der Waals surface area contributed by atoms with E-state index in [2.05, 4.69) is 10.2 Å². The molecule has 4 nitrogen and oxygen atoms in total. The van der Waals surface area contributed by atoms with Crippen LogP contribution >= 0.6 is 0 Å². The number of nitrogens with zero attached hydrogens (tertiary/aromatic N) is 1. The number of anilines is 1. The molecule has 0 aromatic heterocycles. The molecular weight excluding hydrogens is 307 g/mol. The monoisotopic (exact) mass is 322 g/mol. The minimum absolute atomic E-state index is 0.146. The quantitative estimate of drug-likeness (QED) is 0.884. The van der Waals surface area contributed by atoms with Gasteiger partial charge < -0.3 is 4.90 Å². The van der Waals surface area contributed by atoms with Crippen LogP contribution in [0.3, 0.4) is 0 Å². The van der Waals surface area contributed by atoms with Crippen molar-refractivity contribution >= 4 is 17.5 Å². The van der Waals surface area contributed by atoms with E-state index in [9.17, 15) is 14.0 Å². The van der Waals surface area contributed by atoms with Gasteiger partial charge in [0.1, 0.15) is 5.83 Å². The average molecular weight is 322 g/mol. The van der Waals surface area contributed by atoms with E-state index in [4.69, 9.17) is 0 Å². The summed E-state index contributed by atoms with van der Waals surface area (Å²) in [4.78, 5) is 25.3. The number of rotatable bonds is 3. The highest BCUT2D eigenvalue weighted by Crippen LogP contribution is 2.28. The molecule has 0 bridgehead atoms. The van der Waals surface area contributed by atoms with Crippen LogP contribution in [0.2, 0.25) is 0 Å². The zero-order valence-corrected chi connectivity index (χ0v) is 12.9. The molecule has 1 N–H and O–H groups in total. The molecule has 5 heteroatoms. The normalized spacial score (nSPS) is 15.9. The third kappa shape index (κ3) is 2.48. The second-order valence-electron chi connectivity index (χ2n) is 6.04. The number of nitrogens with one attached hydrogen (secondary N) is 1. The third-order valence-electron chi connectivity index (χ3n) is 4.43. The molecule has 120 valence electrons. The molecule has 2 aromatic carbocycles. The molecule has 2 heterocycles. The van der Waals surface area contributed by atoms with Crippen LogP contribution in [0.5, 0.6) is 0 Å². The molecule has 2 aromatic rings. The van der Waals surface area contributed by atoms with Gasteiger partial charge in [0.15, 0.2) is 0 Å². The smallest absolute Gasteiger partial charge is 0.258 e. The standard InChI is InChI=1S/C19H15FN2O2/c20-17(13-10-22(11-13)14-4-2-1-3-5-14)9-12-6-7-15-16(8-12)19(24)21-18(15)23/h1-8H,9-11H2,(H,21,23,24). The first-order chi connectivity index (χ1) is 11.6. The molecule has 2 aliphatic heterocycles. The van der Waals surface area contributed by atoms with Gasteiger partial charge in [-0.15, -0.1) is 0 Å². The maximum Gasteiger partial charge on any atom is 0.258 e. The second kappa shape index (κ2) is 5.60. The number of fused-ring (bicyclic) bond motifs is 1. The minimum atomic E-state index is -0.413. The Hall–Kier alpha value is -2.95. The lowest BCUT2D eigenvalue weighted by Crippen LogP contribution is -2.40.